The Morgan fingerprint density at radius 2 is 1.36 bits per heavy atom. The van der Waals surface area contributed by atoms with E-state index in [0.717, 1.165) is 22.2 Å². The summed E-state index contributed by atoms with van der Waals surface area (Å²) in [4.78, 5) is 10.3. The van der Waals surface area contributed by atoms with E-state index in [1.807, 2.05) is 23.5 Å². The number of hydrogen-bond acceptors (Lipinski definition) is 3. The minimum absolute atomic E-state index is 0.922. The quantitative estimate of drug-likeness (QED) is 0.237. The fourth-order valence-corrected chi connectivity index (χ4v) is 7.16. The summed E-state index contributed by atoms with van der Waals surface area (Å²) in [6.07, 6.45) is 0. The number of aromatic nitrogens is 3. The van der Waals surface area contributed by atoms with Gasteiger partial charge in [-0.25, -0.2) is 9.97 Å². The van der Waals surface area contributed by atoms with Crippen LogP contribution in [0.3, 0.4) is 0 Å². The Kier molecular flexibility index (Phi) is 3.42. The number of fused-ring (bicyclic) bond motifs is 11. The van der Waals surface area contributed by atoms with Gasteiger partial charge < -0.3 is 0 Å². The molecule has 0 radical (unpaired) electrons. The first-order chi connectivity index (χ1) is 17.8. The summed E-state index contributed by atoms with van der Waals surface area (Å²) in [5.41, 5.74) is 8.57. The van der Waals surface area contributed by atoms with E-state index in [0.29, 0.717) is 0 Å². The molecule has 9 rings (SSSR count). The third kappa shape index (κ3) is 2.27. The molecule has 0 saturated heterocycles. The Labute approximate surface area is 209 Å². The molecule has 4 heteroatoms. The first-order valence-corrected chi connectivity index (χ1v) is 12.9. The summed E-state index contributed by atoms with van der Waals surface area (Å²) in [5.74, 6) is 0. The van der Waals surface area contributed by atoms with Crippen LogP contribution in [-0.4, -0.2) is 14.4 Å². The summed E-state index contributed by atoms with van der Waals surface area (Å²) in [7, 11) is 0. The van der Waals surface area contributed by atoms with Gasteiger partial charge in [0.25, 0.3) is 0 Å². The lowest BCUT2D eigenvalue weighted by Gasteiger charge is -2.04. The van der Waals surface area contributed by atoms with E-state index in [1.165, 1.54) is 58.5 Å². The van der Waals surface area contributed by atoms with Crippen molar-refractivity contribution in [3.05, 3.63) is 103 Å². The summed E-state index contributed by atoms with van der Waals surface area (Å²) < 4.78 is 5.01. The van der Waals surface area contributed by atoms with Crippen LogP contribution in [0.1, 0.15) is 0 Å². The smallest absolute Gasteiger partial charge is 0.165 e. The Balaban J connectivity index is 1.57. The predicted octanol–water partition coefficient (Wildman–Crippen LogP) is 8.81. The number of hydrogen-bond donors (Lipinski definition) is 0. The van der Waals surface area contributed by atoms with Crippen molar-refractivity contribution in [1.29, 1.82) is 0 Å². The Morgan fingerprint density at radius 3 is 2.25 bits per heavy atom. The van der Waals surface area contributed by atoms with Crippen molar-refractivity contribution in [3.8, 4) is 11.1 Å². The van der Waals surface area contributed by atoms with Crippen LogP contribution in [0.4, 0.5) is 0 Å². The zero-order chi connectivity index (χ0) is 23.4. The van der Waals surface area contributed by atoms with Crippen LogP contribution in [0, 0.1) is 0 Å². The molecule has 0 spiro atoms. The fraction of sp³-hybridized carbons (Fsp3) is 0. The van der Waals surface area contributed by atoms with Gasteiger partial charge in [0.05, 0.1) is 22.1 Å². The molecule has 4 aromatic heterocycles. The first kappa shape index (κ1) is 18.7. The third-order valence-electron chi connectivity index (χ3n) is 7.50. The lowest BCUT2D eigenvalue weighted by Crippen LogP contribution is -1.89. The van der Waals surface area contributed by atoms with Crippen LogP contribution in [0.2, 0.25) is 0 Å². The van der Waals surface area contributed by atoms with E-state index in [2.05, 4.69) is 95.4 Å². The lowest BCUT2D eigenvalue weighted by atomic mass is 10.0. The van der Waals surface area contributed by atoms with Crippen LogP contribution in [0.5, 0.6) is 0 Å². The highest BCUT2D eigenvalue weighted by molar-refractivity contribution is 7.26. The molecule has 0 amide bonds. The first-order valence-electron chi connectivity index (χ1n) is 12.1. The van der Waals surface area contributed by atoms with Crippen LogP contribution < -0.4 is 0 Å². The van der Waals surface area contributed by atoms with E-state index < -0.39 is 0 Å². The molecule has 0 aliphatic heterocycles. The molecule has 0 aliphatic carbocycles. The van der Waals surface area contributed by atoms with Gasteiger partial charge in [-0.3, -0.25) is 4.40 Å². The van der Waals surface area contributed by atoms with E-state index in [4.69, 9.17) is 9.97 Å². The van der Waals surface area contributed by atoms with Crippen molar-refractivity contribution in [2.24, 2.45) is 0 Å². The van der Waals surface area contributed by atoms with Gasteiger partial charge in [0.15, 0.2) is 5.65 Å². The highest BCUT2D eigenvalue weighted by atomic mass is 32.1. The van der Waals surface area contributed by atoms with E-state index in [1.54, 1.807) is 0 Å². The van der Waals surface area contributed by atoms with Gasteiger partial charge in [0.1, 0.15) is 5.52 Å². The summed E-state index contributed by atoms with van der Waals surface area (Å²) in [6, 6.07) is 36.7. The lowest BCUT2D eigenvalue weighted by molar-refractivity contribution is 1.28. The van der Waals surface area contributed by atoms with Crippen LogP contribution in [-0.2, 0) is 0 Å². The zero-order valence-electron chi connectivity index (χ0n) is 19.1. The van der Waals surface area contributed by atoms with E-state index in [9.17, 15) is 0 Å². The van der Waals surface area contributed by atoms with Gasteiger partial charge in [-0.15, -0.1) is 11.3 Å². The number of rotatable bonds is 1. The van der Waals surface area contributed by atoms with Crippen molar-refractivity contribution in [2.45, 2.75) is 0 Å². The molecule has 3 nitrogen and oxygen atoms in total. The van der Waals surface area contributed by atoms with Gasteiger partial charge in [-0.2, -0.15) is 0 Å². The molecule has 4 heterocycles. The second kappa shape index (κ2) is 6.56. The second-order valence-corrected chi connectivity index (χ2v) is 10.5. The van der Waals surface area contributed by atoms with Crippen molar-refractivity contribution < 1.29 is 0 Å². The van der Waals surface area contributed by atoms with E-state index in [-0.39, 0.29) is 0 Å². The maximum atomic E-state index is 5.16. The molecule has 0 unspecified atom stereocenters. The number of nitrogens with zero attached hydrogens (tertiary/aromatic N) is 3. The molecule has 0 atom stereocenters. The zero-order valence-corrected chi connectivity index (χ0v) is 19.9. The molecule has 0 saturated carbocycles. The average Bonchev–Trinajstić information content (AvgIpc) is 3.57. The summed E-state index contributed by atoms with van der Waals surface area (Å²) in [6.45, 7) is 0. The standard InChI is InChI=1S/C32H17N3S/c1-2-8-18(9-3-1)19-14-15-21-26(16-19)35-30-23(29-32(35)34-25-12-6-5-11-24(25)33-29)17-22-20-10-4-7-13-27(20)36-31(22)28(21)30/h1-17H. The van der Waals surface area contributed by atoms with Gasteiger partial charge >= 0.3 is 0 Å². The molecular weight excluding hydrogens is 458 g/mol. The van der Waals surface area contributed by atoms with Gasteiger partial charge in [0, 0.05) is 36.3 Å². The molecule has 0 aliphatic rings. The maximum absolute atomic E-state index is 5.16. The summed E-state index contributed by atoms with van der Waals surface area (Å²) in [5, 5.41) is 6.35. The molecule has 9 aromatic rings. The maximum Gasteiger partial charge on any atom is 0.165 e. The highest BCUT2D eigenvalue weighted by Gasteiger charge is 2.24. The summed E-state index contributed by atoms with van der Waals surface area (Å²) >= 11 is 1.88. The largest absolute Gasteiger partial charge is 0.291 e. The van der Waals surface area contributed by atoms with E-state index >= 15 is 0 Å². The van der Waals surface area contributed by atoms with Crippen molar-refractivity contribution in [2.75, 3.05) is 0 Å². The molecular formula is C32H17N3S. The Hall–Kier alpha value is -4.54. The second-order valence-electron chi connectivity index (χ2n) is 9.44. The average molecular weight is 476 g/mol. The number of benzene rings is 5. The van der Waals surface area contributed by atoms with Gasteiger partial charge in [-0.05, 0) is 41.5 Å². The Bertz CT molecular complexity index is 2310. The van der Waals surface area contributed by atoms with Crippen molar-refractivity contribution in [1.82, 2.24) is 14.4 Å². The topological polar surface area (TPSA) is 30.2 Å². The molecule has 36 heavy (non-hydrogen) atoms. The van der Waals surface area contributed by atoms with Crippen LogP contribution in [0.25, 0.3) is 80.7 Å². The predicted molar refractivity (Wildman–Crippen MR) is 153 cm³/mol. The SMILES string of the molecule is c1ccc(-c2ccc3c4c5sc6ccccc6c5cc5c6nc7ccccc7nc6n(c3c2)c54)cc1. The third-order valence-corrected chi connectivity index (χ3v) is 8.70. The van der Waals surface area contributed by atoms with Crippen molar-refractivity contribution >= 4 is 80.9 Å². The number of thiophene rings is 1. The molecule has 0 fully saturated rings. The van der Waals surface area contributed by atoms with Crippen molar-refractivity contribution in [3.63, 3.8) is 0 Å². The van der Waals surface area contributed by atoms with Crippen LogP contribution in [0.15, 0.2) is 103 Å². The Morgan fingerprint density at radius 1 is 0.583 bits per heavy atom. The molecule has 0 N–H and O–H groups in total. The monoisotopic (exact) mass is 475 g/mol. The molecule has 5 aromatic carbocycles. The highest BCUT2D eigenvalue weighted by Crippen LogP contribution is 2.47. The normalized spacial score (nSPS) is 12.4. The number of para-hydroxylation sites is 2. The van der Waals surface area contributed by atoms with Gasteiger partial charge in [0.2, 0.25) is 0 Å². The minimum Gasteiger partial charge on any atom is -0.291 e. The van der Waals surface area contributed by atoms with Gasteiger partial charge in [-0.1, -0.05) is 72.8 Å². The molecule has 166 valence electrons. The molecule has 0 bridgehead atoms. The minimum atomic E-state index is 0.922. The fourth-order valence-electron chi connectivity index (χ4n) is 5.92. The van der Waals surface area contributed by atoms with Crippen LogP contribution >= 0.6 is 11.3 Å².